The molecule has 0 aliphatic carbocycles. The highest BCUT2D eigenvalue weighted by Crippen LogP contribution is 2.28. The number of thiophene rings is 1. The van der Waals surface area contributed by atoms with E-state index in [4.69, 9.17) is 0 Å². The van der Waals surface area contributed by atoms with Gasteiger partial charge in [-0.25, -0.2) is 28.2 Å². The van der Waals surface area contributed by atoms with Crippen LogP contribution in [0.5, 0.6) is 0 Å². The third kappa shape index (κ3) is 4.56. The van der Waals surface area contributed by atoms with E-state index in [0.29, 0.717) is 17.4 Å². The van der Waals surface area contributed by atoms with Crippen molar-refractivity contribution >= 4 is 65.4 Å². The minimum atomic E-state index is -3.08. The van der Waals surface area contributed by atoms with Gasteiger partial charge in [0.2, 0.25) is 0 Å². The van der Waals surface area contributed by atoms with Gasteiger partial charge in [0.15, 0.2) is 15.0 Å². The van der Waals surface area contributed by atoms with Gasteiger partial charge in [-0.2, -0.15) is 0 Å². The van der Waals surface area contributed by atoms with Crippen LogP contribution >= 0.6 is 22.7 Å². The lowest BCUT2D eigenvalue weighted by Crippen LogP contribution is -2.19. The Bertz CT molecular complexity index is 1410. The fourth-order valence-electron chi connectivity index (χ4n) is 3.46. The van der Waals surface area contributed by atoms with Gasteiger partial charge in [0, 0.05) is 29.7 Å². The standard InChI is InChI=1S/C20H18N6O3S3/c27-19(25-14-2-1-12-9-32(28,29)10-13(12)7-14)26-20-22-8-15(31-20)3-5-21-18-17-16(4-6-30-17)23-11-24-18/h1-2,4,6-8,11H,3,5,9-10H2,(H,21,23,24)(H2,22,25,26,27). The first-order valence-electron chi connectivity index (χ1n) is 9.72. The van der Waals surface area contributed by atoms with Crippen LogP contribution in [0.4, 0.5) is 21.4 Å². The summed E-state index contributed by atoms with van der Waals surface area (Å²) in [5.74, 6) is 0.881. The van der Waals surface area contributed by atoms with Gasteiger partial charge in [-0.05, 0) is 34.7 Å². The zero-order valence-corrected chi connectivity index (χ0v) is 19.1. The minimum absolute atomic E-state index is 0.0103. The third-order valence-corrected chi connectivity index (χ3v) is 8.28. The molecule has 0 radical (unpaired) electrons. The molecule has 0 spiro atoms. The molecule has 12 heteroatoms. The normalized spacial score (nSPS) is 14.2. The van der Waals surface area contributed by atoms with E-state index in [-0.39, 0.29) is 11.5 Å². The van der Waals surface area contributed by atoms with Crippen LogP contribution in [-0.2, 0) is 27.8 Å². The third-order valence-electron chi connectivity index (χ3n) is 4.90. The maximum absolute atomic E-state index is 12.3. The Morgan fingerprint density at radius 1 is 1.06 bits per heavy atom. The van der Waals surface area contributed by atoms with E-state index in [0.717, 1.165) is 38.5 Å². The van der Waals surface area contributed by atoms with Gasteiger partial charge in [-0.1, -0.05) is 6.07 Å². The number of anilines is 3. The fraction of sp³-hybridized carbons (Fsp3) is 0.200. The smallest absolute Gasteiger partial charge is 0.325 e. The van der Waals surface area contributed by atoms with Gasteiger partial charge < -0.3 is 10.6 Å². The number of rotatable bonds is 6. The lowest BCUT2D eigenvalue weighted by Gasteiger charge is -2.07. The Labute approximate surface area is 191 Å². The van der Waals surface area contributed by atoms with Crippen LogP contribution in [0.15, 0.2) is 42.2 Å². The van der Waals surface area contributed by atoms with E-state index in [1.54, 1.807) is 42.1 Å². The first-order chi connectivity index (χ1) is 15.4. The van der Waals surface area contributed by atoms with Crippen LogP contribution in [0.3, 0.4) is 0 Å². The van der Waals surface area contributed by atoms with E-state index in [1.165, 1.54) is 11.3 Å². The Kier molecular flexibility index (Phi) is 5.49. The molecular weight excluding hydrogens is 468 g/mol. The molecular formula is C20H18N6O3S3. The number of urea groups is 1. The molecule has 1 aromatic carbocycles. The molecule has 1 aliphatic rings. The topological polar surface area (TPSA) is 126 Å². The molecule has 9 nitrogen and oxygen atoms in total. The highest BCUT2D eigenvalue weighted by molar-refractivity contribution is 7.90. The number of fused-ring (bicyclic) bond motifs is 2. The van der Waals surface area contributed by atoms with E-state index in [9.17, 15) is 13.2 Å². The predicted molar refractivity (Wildman–Crippen MR) is 127 cm³/mol. The van der Waals surface area contributed by atoms with Crippen LogP contribution < -0.4 is 16.0 Å². The van der Waals surface area contributed by atoms with Crippen molar-refractivity contribution in [3.63, 3.8) is 0 Å². The Morgan fingerprint density at radius 3 is 2.84 bits per heavy atom. The van der Waals surface area contributed by atoms with E-state index < -0.39 is 15.9 Å². The van der Waals surface area contributed by atoms with Gasteiger partial charge in [0.1, 0.15) is 12.1 Å². The molecule has 0 saturated carbocycles. The number of thiazole rings is 1. The molecule has 3 aromatic heterocycles. The number of aromatic nitrogens is 3. The summed E-state index contributed by atoms with van der Waals surface area (Å²) in [5.41, 5.74) is 2.99. The molecule has 0 unspecified atom stereocenters. The van der Waals surface area contributed by atoms with Gasteiger partial charge in [-0.3, -0.25) is 5.32 Å². The van der Waals surface area contributed by atoms with Crippen LogP contribution in [0.2, 0.25) is 0 Å². The largest absolute Gasteiger partial charge is 0.368 e. The number of nitrogens with zero attached hydrogens (tertiary/aromatic N) is 3. The van der Waals surface area contributed by atoms with Crippen molar-refractivity contribution < 1.29 is 13.2 Å². The second-order valence-corrected chi connectivity index (χ2v) is 11.4. The maximum atomic E-state index is 12.3. The number of carbonyl (C=O) groups excluding carboxylic acids is 1. The van der Waals surface area contributed by atoms with Crippen LogP contribution in [0, 0.1) is 0 Å². The van der Waals surface area contributed by atoms with Gasteiger partial charge in [-0.15, -0.1) is 22.7 Å². The monoisotopic (exact) mass is 486 g/mol. The van der Waals surface area contributed by atoms with Crippen molar-refractivity contribution in [3.05, 3.63) is 58.2 Å². The van der Waals surface area contributed by atoms with E-state index in [1.807, 2.05) is 11.4 Å². The van der Waals surface area contributed by atoms with Gasteiger partial charge in [0.05, 0.1) is 21.7 Å². The Morgan fingerprint density at radius 2 is 1.94 bits per heavy atom. The number of carbonyl (C=O) groups is 1. The summed E-state index contributed by atoms with van der Waals surface area (Å²) in [6, 6.07) is 6.69. The highest BCUT2D eigenvalue weighted by Gasteiger charge is 2.24. The second-order valence-electron chi connectivity index (χ2n) is 7.26. The molecule has 2 amide bonds. The number of hydrogen-bond acceptors (Lipinski definition) is 9. The Balaban J connectivity index is 1.14. The van der Waals surface area contributed by atoms with Gasteiger partial charge >= 0.3 is 6.03 Å². The lowest BCUT2D eigenvalue weighted by molar-refractivity contribution is 0.262. The van der Waals surface area contributed by atoms with Crippen molar-refractivity contribution in [1.29, 1.82) is 0 Å². The average Bonchev–Trinajstić information content (AvgIpc) is 3.45. The summed E-state index contributed by atoms with van der Waals surface area (Å²) in [6.07, 6.45) is 4.02. The molecule has 4 heterocycles. The zero-order valence-electron chi connectivity index (χ0n) is 16.7. The summed E-state index contributed by atoms with van der Waals surface area (Å²) >= 11 is 3.00. The van der Waals surface area contributed by atoms with E-state index in [2.05, 4.69) is 30.9 Å². The molecule has 0 fully saturated rings. The molecule has 0 bridgehead atoms. The highest BCUT2D eigenvalue weighted by atomic mass is 32.2. The number of amides is 2. The quantitative estimate of drug-likeness (QED) is 0.378. The zero-order chi connectivity index (χ0) is 22.1. The molecule has 0 atom stereocenters. The number of nitrogens with one attached hydrogen (secondary N) is 3. The van der Waals surface area contributed by atoms with Gasteiger partial charge in [0.25, 0.3) is 0 Å². The first kappa shape index (κ1) is 20.8. The molecule has 1 aliphatic heterocycles. The van der Waals surface area contributed by atoms with Crippen molar-refractivity contribution in [2.75, 3.05) is 22.5 Å². The van der Waals surface area contributed by atoms with Crippen molar-refractivity contribution in [1.82, 2.24) is 15.0 Å². The van der Waals surface area contributed by atoms with E-state index >= 15 is 0 Å². The summed E-state index contributed by atoms with van der Waals surface area (Å²) in [4.78, 5) is 26.1. The number of benzene rings is 1. The average molecular weight is 487 g/mol. The maximum Gasteiger partial charge on any atom is 0.325 e. The van der Waals surface area contributed by atoms with Crippen LogP contribution in [0.1, 0.15) is 16.0 Å². The number of hydrogen-bond donors (Lipinski definition) is 3. The molecule has 4 aromatic rings. The molecule has 3 N–H and O–H groups in total. The predicted octanol–water partition coefficient (Wildman–Crippen LogP) is 3.87. The summed E-state index contributed by atoms with van der Waals surface area (Å²) in [6.45, 7) is 0.676. The molecule has 5 rings (SSSR count). The summed E-state index contributed by atoms with van der Waals surface area (Å²) < 4.78 is 24.5. The summed E-state index contributed by atoms with van der Waals surface area (Å²) in [7, 11) is -3.08. The first-order valence-corrected chi connectivity index (χ1v) is 13.2. The summed E-state index contributed by atoms with van der Waals surface area (Å²) in [5, 5.41) is 11.3. The molecule has 0 saturated heterocycles. The minimum Gasteiger partial charge on any atom is -0.368 e. The number of sulfone groups is 1. The molecule has 32 heavy (non-hydrogen) atoms. The van der Waals surface area contributed by atoms with Crippen molar-refractivity contribution in [3.8, 4) is 0 Å². The van der Waals surface area contributed by atoms with Crippen molar-refractivity contribution in [2.24, 2.45) is 0 Å². The fourth-order valence-corrected chi connectivity index (χ4v) is 6.68. The van der Waals surface area contributed by atoms with Crippen LogP contribution in [0.25, 0.3) is 10.2 Å². The van der Waals surface area contributed by atoms with Crippen LogP contribution in [-0.4, -0.2) is 35.9 Å². The lowest BCUT2D eigenvalue weighted by atomic mass is 10.1. The molecule has 164 valence electrons. The Hall–Kier alpha value is -3.09. The second kappa shape index (κ2) is 8.45. The van der Waals surface area contributed by atoms with Crippen molar-refractivity contribution in [2.45, 2.75) is 17.9 Å². The SMILES string of the molecule is O=C(Nc1ccc2c(c1)CS(=O)(=O)C2)Nc1ncc(CCNc2ncnc3ccsc23)s1.